The lowest BCUT2D eigenvalue weighted by Gasteiger charge is -2.25. The van der Waals surface area contributed by atoms with Crippen molar-refractivity contribution in [2.75, 3.05) is 13.2 Å². The van der Waals surface area contributed by atoms with Crippen molar-refractivity contribution in [1.29, 1.82) is 0 Å². The van der Waals surface area contributed by atoms with E-state index in [0.717, 1.165) is 17.7 Å². The minimum Gasteiger partial charge on any atom is -0.493 e. The molecule has 0 aliphatic carbocycles. The van der Waals surface area contributed by atoms with Crippen molar-refractivity contribution in [2.45, 2.75) is 19.3 Å². The molecule has 1 aliphatic rings. The number of aryl methyl sites for hydroxylation is 1. The summed E-state index contributed by atoms with van der Waals surface area (Å²) in [6, 6.07) is 14.4. The number of amides is 1. The molecule has 6 heteroatoms. The second kappa shape index (κ2) is 7.79. The van der Waals surface area contributed by atoms with Gasteiger partial charge in [0.25, 0.3) is 5.69 Å². The first kappa shape index (κ1) is 17.0. The Hall–Kier alpha value is -2.89. The number of nitrogens with zero attached hydrogens (tertiary/aromatic N) is 1. The van der Waals surface area contributed by atoms with Crippen molar-refractivity contribution < 1.29 is 14.5 Å². The molecule has 1 aliphatic heterocycles. The summed E-state index contributed by atoms with van der Waals surface area (Å²) in [5.74, 6) is 1.14. The molecule has 25 heavy (non-hydrogen) atoms. The summed E-state index contributed by atoms with van der Waals surface area (Å²) in [5, 5.41) is 13.7. The highest BCUT2D eigenvalue weighted by Crippen LogP contribution is 2.26. The molecule has 0 saturated heterocycles. The maximum absolute atomic E-state index is 12.0. The number of nitro groups is 1. The van der Waals surface area contributed by atoms with Crippen LogP contribution in [0, 0.1) is 16.0 Å². The van der Waals surface area contributed by atoms with E-state index < -0.39 is 4.92 Å². The zero-order chi connectivity index (χ0) is 17.6. The van der Waals surface area contributed by atoms with Gasteiger partial charge < -0.3 is 10.1 Å². The fourth-order valence-corrected chi connectivity index (χ4v) is 2.95. The molecule has 3 rings (SSSR count). The molecule has 0 bridgehead atoms. The molecule has 0 aromatic heterocycles. The molecule has 0 saturated carbocycles. The van der Waals surface area contributed by atoms with Crippen molar-refractivity contribution in [3.63, 3.8) is 0 Å². The van der Waals surface area contributed by atoms with Crippen molar-refractivity contribution in [3.05, 3.63) is 69.8 Å². The predicted molar refractivity (Wildman–Crippen MR) is 93.6 cm³/mol. The topological polar surface area (TPSA) is 81.5 Å². The van der Waals surface area contributed by atoms with E-state index in [4.69, 9.17) is 4.74 Å². The van der Waals surface area contributed by atoms with Gasteiger partial charge in [-0.3, -0.25) is 14.9 Å². The Kier molecular flexibility index (Phi) is 5.28. The summed E-state index contributed by atoms with van der Waals surface area (Å²) in [7, 11) is 0. The lowest BCUT2D eigenvalue weighted by molar-refractivity contribution is -0.384. The number of fused-ring (bicyclic) bond motifs is 1. The number of carbonyl (C=O) groups is 1. The van der Waals surface area contributed by atoms with Gasteiger partial charge in [0.2, 0.25) is 5.91 Å². The smallest absolute Gasteiger partial charge is 0.269 e. The molecule has 130 valence electrons. The predicted octanol–water partition coefficient (Wildman–Crippen LogP) is 2.89. The van der Waals surface area contributed by atoms with E-state index in [2.05, 4.69) is 5.32 Å². The highest BCUT2D eigenvalue weighted by molar-refractivity contribution is 5.76. The van der Waals surface area contributed by atoms with Gasteiger partial charge in [-0.1, -0.05) is 30.3 Å². The lowest BCUT2D eigenvalue weighted by atomic mass is 9.96. The Balaban J connectivity index is 1.44. The van der Waals surface area contributed by atoms with Gasteiger partial charge in [-0.05, 0) is 30.0 Å². The van der Waals surface area contributed by atoms with Gasteiger partial charge in [-0.25, -0.2) is 0 Å². The van der Waals surface area contributed by atoms with Gasteiger partial charge in [-0.2, -0.15) is 0 Å². The van der Waals surface area contributed by atoms with Crippen LogP contribution in [0.2, 0.25) is 0 Å². The van der Waals surface area contributed by atoms with Crippen LogP contribution in [0.15, 0.2) is 48.5 Å². The van der Waals surface area contributed by atoms with E-state index in [0.29, 0.717) is 26.0 Å². The number of hydrogen-bond donors (Lipinski definition) is 1. The third-order valence-electron chi connectivity index (χ3n) is 4.31. The molecule has 1 atom stereocenters. The largest absolute Gasteiger partial charge is 0.493 e. The van der Waals surface area contributed by atoms with E-state index in [1.165, 1.54) is 17.7 Å². The second-order valence-corrected chi connectivity index (χ2v) is 6.22. The van der Waals surface area contributed by atoms with Gasteiger partial charge in [0.05, 0.1) is 11.5 Å². The highest BCUT2D eigenvalue weighted by Gasteiger charge is 2.19. The molecule has 1 N–H and O–H groups in total. The van der Waals surface area contributed by atoms with Crippen LogP contribution < -0.4 is 10.1 Å². The highest BCUT2D eigenvalue weighted by atomic mass is 16.6. The zero-order valence-electron chi connectivity index (χ0n) is 13.8. The van der Waals surface area contributed by atoms with Crippen LogP contribution in [0.1, 0.15) is 17.5 Å². The van der Waals surface area contributed by atoms with Gasteiger partial charge >= 0.3 is 0 Å². The summed E-state index contributed by atoms with van der Waals surface area (Å²) >= 11 is 0. The SMILES string of the molecule is O=C(CCc1cccc([N+](=O)[O-])c1)NCC1COc2ccccc2C1. The number of rotatable bonds is 6. The average Bonchev–Trinajstić information content (AvgIpc) is 2.64. The van der Waals surface area contributed by atoms with Crippen LogP contribution in [0.3, 0.4) is 0 Å². The molecular weight excluding hydrogens is 320 g/mol. The van der Waals surface area contributed by atoms with Gasteiger partial charge in [0.15, 0.2) is 0 Å². The first-order valence-electron chi connectivity index (χ1n) is 8.32. The van der Waals surface area contributed by atoms with Crippen LogP contribution in [0.25, 0.3) is 0 Å². The molecule has 1 unspecified atom stereocenters. The maximum atomic E-state index is 12.0. The van der Waals surface area contributed by atoms with Crippen LogP contribution in [0.5, 0.6) is 5.75 Å². The number of non-ortho nitro benzene ring substituents is 1. The van der Waals surface area contributed by atoms with Crippen molar-refractivity contribution in [1.82, 2.24) is 5.32 Å². The summed E-state index contributed by atoms with van der Waals surface area (Å²) in [6.45, 7) is 1.17. The van der Waals surface area contributed by atoms with E-state index >= 15 is 0 Å². The van der Waals surface area contributed by atoms with Crippen LogP contribution in [-0.4, -0.2) is 24.0 Å². The van der Waals surface area contributed by atoms with E-state index in [1.807, 2.05) is 24.3 Å². The number of ether oxygens (including phenoxy) is 1. The molecule has 6 nitrogen and oxygen atoms in total. The van der Waals surface area contributed by atoms with Crippen molar-refractivity contribution >= 4 is 11.6 Å². The number of nitro benzene ring substituents is 1. The normalized spacial score (nSPS) is 15.8. The summed E-state index contributed by atoms with van der Waals surface area (Å²) in [4.78, 5) is 22.4. The minimum atomic E-state index is -0.426. The van der Waals surface area contributed by atoms with Crippen molar-refractivity contribution in [3.8, 4) is 5.75 Å². The molecular formula is C19H20N2O4. The first-order valence-corrected chi connectivity index (χ1v) is 8.32. The van der Waals surface area contributed by atoms with E-state index in [9.17, 15) is 14.9 Å². The Labute approximate surface area is 146 Å². The van der Waals surface area contributed by atoms with E-state index in [1.54, 1.807) is 12.1 Å². The summed E-state index contributed by atoms with van der Waals surface area (Å²) in [5.41, 5.74) is 2.01. The summed E-state index contributed by atoms with van der Waals surface area (Å²) in [6.07, 6.45) is 1.68. The van der Waals surface area contributed by atoms with Gasteiger partial charge in [0.1, 0.15) is 5.75 Å². The van der Waals surface area contributed by atoms with Crippen LogP contribution >= 0.6 is 0 Å². The molecule has 0 spiro atoms. The molecule has 1 heterocycles. The van der Waals surface area contributed by atoms with Gasteiger partial charge in [0, 0.05) is 31.0 Å². The zero-order valence-corrected chi connectivity index (χ0v) is 13.8. The first-order chi connectivity index (χ1) is 12.1. The third-order valence-corrected chi connectivity index (χ3v) is 4.31. The fraction of sp³-hybridized carbons (Fsp3) is 0.316. The molecule has 1 amide bonds. The number of nitrogens with one attached hydrogen (secondary N) is 1. The number of hydrogen-bond acceptors (Lipinski definition) is 4. The number of para-hydroxylation sites is 1. The molecule has 2 aromatic rings. The van der Waals surface area contributed by atoms with Gasteiger partial charge in [-0.15, -0.1) is 0 Å². The lowest BCUT2D eigenvalue weighted by Crippen LogP contribution is -2.34. The minimum absolute atomic E-state index is 0.0506. The monoisotopic (exact) mass is 340 g/mol. The molecule has 2 aromatic carbocycles. The Morgan fingerprint density at radius 3 is 2.92 bits per heavy atom. The van der Waals surface area contributed by atoms with Crippen molar-refractivity contribution in [2.24, 2.45) is 5.92 Å². The Bertz CT molecular complexity index is 776. The number of benzene rings is 2. The summed E-state index contributed by atoms with van der Waals surface area (Å²) < 4.78 is 5.72. The number of carbonyl (C=O) groups excluding carboxylic acids is 1. The quantitative estimate of drug-likeness (QED) is 0.647. The van der Waals surface area contributed by atoms with Crippen LogP contribution in [0.4, 0.5) is 5.69 Å². The maximum Gasteiger partial charge on any atom is 0.269 e. The Morgan fingerprint density at radius 1 is 1.24 bits per heavy atom. The third kappa shape index (κ3) is 4.56. The average molecular weight is 340 g/mol. The standard InChI is InChI=1S/C19H20N2O4/c22-19(9-8-14-4-3-6-17(11-14)21(23)24)20-12-15-10-16-5-1-2-7-18(16)25-13-15/h1-7,11,15H,8-10,12-13H2,(H,20,22). The molecule has 0 fully saturated rings. The fourth-order valence-electron chi connectivity index (χ4n) is 2.95. The van der Waals surface area contributed by atoms with Crippen LogP contribution in [-0.2, 0) is 17.6 Å². The molecule has 0 radical (unpaired) electrons. The Morgan fingerprint density at radius 2 is 2.08 bits per heavy atom. The second-order valence-electron chi connectivity index (χ2n) is 6.22. The van der Waals surface area contributed by atoms with E-state index in [-0.39, 0.29) is 17.5 Å².